The van der Waals surface area contributed by atoms with Crippen LogP contribution in [0.25, 0.3) is 0 Å². The fourth-order valence-electron chi connectivity index (χ4n) is 2.02. The summed E-state index contributed by atoms with van der Waals surface area (Å²) in [5.74, 6) is 0. The van der Waals surface area contributed by atoms with Gasteiger partial charge in [-0.2, -0.15) is 5.10 Å². The number of hydrazone groups is 1. The second-order valence-electron chi connectivity index (χ2n) is 4.61. The standard InChI is InChI=1S/C13H19N5S/c1-11(12-10-14-6-7-15-12)16-17-13(19)18-8-4-2-3-5-9-18/h6-7,10H,2-5,8-9H2,1H3,(H,17,19)/b16-11+. The minimum atomic E-state index is 0.699. The average Bonchev–Trinajstić information content (AvgIpc) is 2.74. The highest BCUT2D eigenvalue weighted by Crippen LogP contribution is 2.09. The lowest BCUT2D eigenvalue weighted by molar-refractivity contribution is 0.428. The van der Waals surface area contributed by atoms with Crippen molar-refractivity contribution in [3.63, 3.8) is 0 Å². The van der Waals surface area contributed by atoms with Crippen LogP contribution in [0.5, 0.6) is 0 Å². The number of rotatable bonds is 2. The highest BCUT2D eigenvalue weighted by atomic mass is 32.1. The number of hydrogen-bond donors (Lipinski definition) is 1. The van der Waals surface area contributed by atoms with Crippen molar-refractivity contribution in [2.24, 2.45) is 5.10 Å². The van der Waals surface area contributed by atoms with E-state index in [2.05, 4.69) is 25.4 Å². The van der Waals surface area contributed by atoms with Crippen molar-refractivity contribution in [1.82, 2.24) is 20.3 Å². The summed E-state index contributed by atoms with van der Waals surface area (Å²) in [5.41, 5.74) is 4.50. The van der Waals surface area contributed by atoms with Crippen LogP contribution in [0.3, 0.4) is 0 Å². The molecular formula is C13H19N5S. The van der Waals surface area contributed by atoms with Crippen molar-refractivity contribution in [2.45, 2.75) is 32.6 Å². The largest absolute Gasteiger partial charge is 0.348 e. The first-order chi connectivity index (χ1) is 9.27. The molecule has 0 aromatic carbocycles. The zero-order valence-electron chi connectivity index (χ0n) is 11.2. The third-order valence-corrected chi connectivity index (χ3v) is 3.50. The van der Waals surface area contributed by atoms with Gasteiger partial charge in [0.1, 0.15) is 5.69 Å². The van der Waals surface area contributed by atoms with Gasteiger partial charge in [-0.05, 0) is 32.0 Å². The van der Waals surface area contributed by atoms with E-state index in [1.807, 2.05) is 6.92 Å². The minimum Gasteiger partial charge on any atom is -0.348 e. The molecule has 5 nitrogen and oxygen atoms in total. The van der Waals surface area contributed by atoms with Gasteiger partial charge >= 0.3 is 0 Å². The van der Waals surface area contributed by atoms with E-state index >= 15 is 0 Å². The Labute approximate surface area is 119 Å². The summed E-state index contributed by atoms with van der Waals surface area (Å²) in [6, 6.07) is 0. The molecule has 1 aromatic rings. The molecular weight excluding hydrogens is 258 g/mol. The summed E-state index contributed by atoms with van der Waals surface area (Å²) in [6.45, 7) is 3.93. The van der Waals surface area contributed by atoms with Crippen LogP contribution in [0.4, 0.5) is 0 Å². The fraction of sp³-hybridized carbons (Fsp3) is 0.538. The Kier molecular flexibility index (Phi) is 5.20. The number of hydrogen-bond acceptors (Lipinski definition) is 4. The predicted molar refractivity (Wildman–Crippen MR) is 80.0 cm³/mol. The van der Waals surface area contributed by atoms with Crippen LogP contribution in [-0.4, -0.2) is 38.8 Å². The molecule has 6 heteroatoms. The van der Waals surface area contributed by atoms with E-state index in [-0.39, 0.29) is 0 Å². The topological polar surface area (TPSA) is 53.4 Å². The molecule has 1 fully saturated rings. The Morgan fingerprint density at radius 1 is 1.26 bits per heavy atom. The lowest BCUT2D eigenvalue weighted by Crippen LogP contribution is -2.38. The molecule has 2 heterocycles. The number of nitrogens with zero attached hydrogens (tertiary/aromatic N) is 4. The summed E-state index contributed by atoms with van der Waals surface area (Å²) in [6.07, 6.45) is 9.98. The minimum absolute atomic E-state index is 0.699. The van der Waals surface area contributed by atoms with E-state index in [1.165, 1.54) is 25.7 Å². The molecule has 1 N–H and O–H groups in total. The molecule has 0 aliphatic carbocycles. The zero-order chi connectivity index (χ0) is 13.5. The van der Waals surface area contributed by atoms with Crippen molar-refractivity contribution in [3.05, 3.63) is 24.3 Å². The lowest BCUT2D eigenvalue weighted by atomic mass is 10.2. The maximum absolute atomic E-state index is 5.37. The summed E-state index contributed by atoms with van der Waals surface area (Å²) < 4.78 is 0. The van der Waals surface area contributed by atoms with Gasteiger partial charge in [-0.3, -0.25) is 15.4 Å². The normalized spacial score (nSPS) is 16.9. The van der Waals surface area contributed by atoms with Gasteiger partial charge in [0.25, 0.3) is 0 Å². The molecule has 1 aliphatic rings. The van der Waals surface area contributed by atoms with E-state index < -0.39 is 0 Å². The summed E-state index contributed by atoms with van der Waals surface area (Å²) in [7, 11) is 0. The molecule has 0 spiro atoms. The van der Waals surface area contributed by atoms with Gasteiger partial charge in [-0.1, -0.05) is 12.8 Å². The summed E-state index contributed by atoms with van der Waals surface area (Å²) in [5, 5.41) is 4.98. The van der Waals surface area contributed by atoms with Crippen LogP contribution in [0.15, 0.2) is 23.7 Å². The molecule has 2 rings (SSSR count). The average molecular weight is 277 g/mol. The van der Waals surface area contributed by atoms with Crippen molar-refractivity contribution < 1.29 is 0 Å². The number of likely N-dealkylation sites (tertiary alicyclic amines) is 1. The highest BCUT2D eigenvalue weighted by molar-refractivity contribution is 7.80. The van der Waals surface area contributed by atoms with Gasteiger partial charge in [0.2, 0.25) is 0 Å². The molecule has 0 saturated carbocycles. The highest BCUT2D eigenvalue weighted by Gasteiger charge is 2.11. The first kappa shape index (κ1) is 13.9. The Balaban J connectivity index is 1.91. The van der Waals surface area contributed by atoms with Crippen LogP contribution in [-0.2, 0) is 0 Å². The monoisotopic (exact) mass is 277 g/mol. The molecule has 1 aromatic heterocycles. The molecule has 102 valence electrons. The van der Waals surface area contributed by atoms with Gasteiger partial charge in [0.15, 0.2) is 5.11 Å². The van der Waals surface area contributed by atoms with E-state index in [0.717, 1.165) is 24.5 Å². The van der Waals surface area contributed by atoms with Crippen molar-refractivity contribution in [2.75, 3.05) is 13.1 Å². The molecule has 0 amide bonds. The van der Waals surface area contributed by atoms with Crippen LogP contribution < -0.4 is 5.43 Å². The number of aromatic nitrogens is 2. The molecule has 0 bridgehead atoms. The Morgan fingerprint density at radius 3 is 2.63 bits per heavy atom. The fourth-order valence-corrected chi connectivity index (χ4v) is 2.25. The van der Waals surface area contributed by atoms with Crippen molar-refractivity contribution in [3.8, 4) is 0 Å². The van der Waals surface area contributed by atoms with E-state index in [9.17, 15) is 0 Å². The van der Waals surface area contributed by atoms with E-state index in [0.29, 0.717) is 5.11 Å². The van der Waals surface area contributed by atoms with E-state index in [4.69, 9.17) is 12.2 Å². The van der Waals surface area contributed by atoms with E-state index in [1.54, 1.807) is 18.6 Å². The van der Waals surface area contributed by atoms with Gasteiger partial charge < -0.3 is 4.90 Å². The summed E-state index contributed by atoms with van der Waals surface area (Å²) >= 11 is 5.37. The van der Waals surface area contributed by atoms with Gasteiger partial charge in [0, 0.05) is 25.5 Å². The molecule has 19 heavy (non-hydrogen) atoms. The molecule has 1 saturated heterocycles. The third-order valence-electron chi connectivity index (χ3n) is 3.15. The quantitative estimate of drug-likeness (QED) is 0.509. The zero-order valence-corrected chi connectivity index (χ0v) is 12.0. The maximum atomic E-state index is 5.37. The molecule has 0 unspecified atom stereocenters. The SMILES string of the molecule is C/C(=N\NC(=S)N1CCCCCC1)c1cnccn1. The van der Waals surface area contributed by atoms with Crippen LogP contribution >= 0.6 is 12.2 Å². The lowest BCUT2D eigenvalue weighted by Gasteiger charge is -2.22. The maximum Gasteiger partial charge on any atom is 0.189 e. The van der Waals surface area contributed by atoms with Crippen LogP contribution in [0.1, 0.15) is 38.3 Å². The number of nitrogens with one attached hydrogen (secondary N) is 1. The van der Waals surface area contributed by atoms with Gasteiger partial charge in [-0.25, -0.2) is 0 Å². The molecule has 0 atom stereocenters. The first-order valence-electron chi connectivity index (χ1n) is 6.63. The van der Waals surface area contributed by atoms with Crippen LogP contribution in [0.2, 0.25) is 0 Å². The molecule has 1 aliphatic heterocycles. The smallest absolute Gasteiger partial charge is 0.189 e. The molecule has 0 radical (unpaired) electrons. The van der Waals surface area contributed by atoms with Crippen LogP contribution in [0, 0.1) is 0 Å². The summed E-state index contributed by atoms with van der Waals surface area (Å²) in [4.78, 5) is 10.4. The third kappa shape index (κ3) is 4.24. The van der Waals surface area contributed by atoms with Crippen molar-refractivity contribution in [1.29, 1.82) is 0 Å². The Hall–Kier alpha value is -1.56. The predicted octanol–water partition coefficient (Wildman–Crippen LogP) is 1.95. The second-order valence-corrected chi connectivity index (χ2v) is 4.99. The Morgan fingerprint density at radius 2 is 2.00 bits per heavy atom. The number of thiocarbonyl (C=S) groups is 1. The first-order valence-corrected chi connectivity index (χ1v) is 7.04. The van der Waals surface area contributed by atoms with Crippen molar-refractivity contribution >= 4 is 23.0 Å². The Bertz CT molecular complexity index is 438. The second kappa shape index (κ2) is 7.13. The van der Waals surface area contributed by atoms with Gasteiger partial charge in [-0.15, -0.1) is 0 Å². The van der Waals surface area contributed by atoms with Gasteiger partial charge in [0.05, 0.1) is 11.9 Å².